The van der Waals surface area contributed by atoms with Crippen LogP contribution >= 0.6 is 0 Å². The Morgan fingerprint density at radius 1 is 1.24 bits per heavy atom. The average Bonchev–Trinajstić information content (AvgIpc) is 2.72. The Morgan fingerprint density at radius 2 is 2.00 bits per heavy atom. The van der Waals surface area contributed by atoms with Crippen LogP contribution < -0.4 is 5.56 Å². The molecule has 0 saturated carbocycles. The molecule has 0 N–H and O–H groups in total. The Morgan fingerprint density at radius 3 is 2.69 bits per heavy atom. The summed E-state index contributed by atoms with van der Waals surface area (Å²) in [6.07, 6.45) is 1.87. The third kappa shape index (κ3) is 4.59. The minimum Gasteiger partial charge on any atom is -0.469 e. The van der Waals surface area contributed by atoms with Gasteiger partial charge in [0.25, 0.3) is 5.56 Å². The Kier molecular flexibility index (Phi) is 6.21. The summed E-state index contributed by atoms with van der Waals surface area (Å²) in [6, 6.07) is 10.2. The molecule has 0 fully saturated rings. The van der Waals surface area contributed by atoms with Crippen LogP contribution in [0.2, 0.25) is 0 Å². The second-order valence-electron chi connectivity index (χ2n) is 6.32. The first-order chi connectivity index (χ1) is 14.0. The number of hydrogen-bond donors (Lipinski definition) is 0. The SMILES string of the molecule is COC(=O)CCCCc1nc2cc(N=[N+]=[N-])ccc2c(=O)n1-c1ccc(F)cc1. The summed E-state index contributed by atoms with van der Waals surface area (Å²) < 4.78 is 19.4. The van der Waals surface area contributed by atoms with E-state index in [0.29, 0.717) is 47.4 Å². The number of carbonyl (C=O) groups is 1. The number of aromatic nitrogens is 2. The number of methoxy groups -OCH3 is 1. The molecular formula is C20H18FN5O3. The van der Waals surface area contributed by atoms with E-state index in [-0.39, 0.29) is 17.9 Å². The van der Waals surface area contributed by atoms with Crippen LogP contribution in [-0.2, 0) is 16.0 Å². The van der Waals surface area contributed by atoms with Crippen molar-refractivity contribution in [2.45, 2.75) is 25.7 Å². The van der Waals surface area contributed by atoms with Gasteiger partial charge in [0.05, 0.1) is 23.7 Å². The van der Waals surface area contributed by atoms with Crippen LogP contribution in [0, 0.1) is 5.82 Å². The van der Waals surface area contributed by atoms with E-state index in [2.05, 4.69) is 19.7 Å². The van der Waals surface area contributed by atoms with Crippen molar-refractivity contribution >= 4 is 22.6 Å². The van der Waals surface area contributed by atoms with Gasteiger partial charge < -0.3 is 4.74 Å². The highest BCUT2D eigenvalue weighted by atomic mass is 19.1. The summed E-state index contributed by atoms with van der Waals surface area (Å²) in [4.78, 5) is 31.8. The Balaban J connectivity index is 2.06. The van der Waals surface area contributed by atoms with Gasteiger partial charge in [-0.1, -0.05) is 11.2 Å². The largest absolute Gasteiger partial charge is 0.469 e. The zero-order chi connectivity index (χ0) is 20.8. The lowest BCUT2D eigenvalue weighted by molar-refractivity contribution is -0.140. The first-order valence-corrected chi connectivity index (χ1v) is 8.97. The van der Waals surface area contributed by atoms with Crippen molar-refractivity contribution in [1.82, 2.24) is 9.55 Å². The molecule has 0 aliphatic heterocycles. The maximum atomic E-state index is 13.3. The molecule has 29 heavy (non-hydrogen) atoms. The molecule has 0 atom stereocenters. The lowest BCUT2D eigenvalue weighted by Gasteiger charge is -2.14. The third-order valence-electron chi connectivity index (χ3n) is 4.43. The van der Waals surface area contributed by atoms with Gasteiger partial charge in [-0.05, 0) is 54.8 Å². The van der Waals surface area contributed by atoms with Gasteiger partial charge in [0, 0.05) is 23.4 Å². The summed E-state index contributed by atoms with van der Waals surface area (Å²) in [6.45, 7) is 0. The molecule has 3 aromatic rings. The molecule has 0 saturated heterocycles. The van der Waals surface area contributed by atoms with Crippen LogP contribution in [0.4, 0.5) is 10.1 Å². The maximum Gasteiger partial charge on any atom is 0.305 e. The number of aryl methyl sites for hydroxylation is 1. The Bertz CT molecular complexity index is 1150. The third-order valence-corrected chi connectivity index (χ3v) is 4.43. The van der Waals surface area contributed by atoms with Crippen LogP contribution in [-0.4, -0.2) is 22.6 Å². The van der Waals surface area contributed by atoms with Crippen molar-refractivity contribution in [2.75, 3.05) is 7.11 Å². The van der Waals surface area contributed by atoms with Crippen molar-refractivity contribution in [3.63, 3.8) is 0 Å². The molecule has 9 heteroatoms. The normalized spacial score (nSPS) is 10.6. The van der Waals surface area contributed by atoms with E-state index in [9.17, 15) is 14.0 Å². The molecule has 8 nitrogen and oxygen atoms in total. The minimum atomic E-state index is -0.408. The zero-order valence-electron chi connectivity index (χ0n) is 15.7. The van der Waals surface area contributed by atoms with Crippen molar-refractivity contribution in [2.24, 2.45) is 5.11 Å². The lowest BCUT2D eigenvalue weighted by atomic mass is 10.1. The highest BCUT2D eigenvalue weighted by Crippen LogP contribution is 2.20. The molecular weight excluding hydrogens is 377 g/mol. The molecule has 0 aliphatic carbocycles. The maximum absolute atomic E-state index is 13.3. The Hall–Kier alpha value is -3.71. The van der Waals surface area contributed by atoms with E-state index in [1.54, 1.807) is 12.1 Å². The van der Waals surface area contributed by atoms with Crippen LogP contribution in [0.1, 0.15) is 25.1 Å². The predicted octanol–water partition coefficient (Wildman–Crippen LogP) is 4.35. The van der Waals surface area contributed by atoms with Crippen LogP contribution in [0.3, 0.4) is 0 Å². The fourth-order valence-corrected chi connectivity index (χ4v) is 3.01. The summed E-state index contributed by atoms with van der Waals surface area (Å²) in [5.41, 5.74) is 9.57. The average molecular weight is 395 g/mol. The van der Waals surface area contributed by atoms with Gasteiger partial charge >= 0.3 is 5.97 Å². The zero-order valence-corrected chi connectivity index (χ0v) is 15.7. The number of benzene rings is 2. The molecule has 0 spiro atoms. The number of nitrogens with zero attached hydrogens (tertiary/aromatic N) is 5. The van der Waals surface area contributed by atoms with Gasteiger partial charge in [0.1, 0.15) is 11.6 Å². The highest BCUT2D eigenvalue weighted by Gasteiger charge is 2.14. The molecule has 0 radical (unpaired) electrons. The van der Waals surface area contributed by atoms with Gasteiger partial charge in [-0.25, -0.2) is 9.37 Å². The van der Waals surface area contributed by atoms with Crippen molar-refractivity contribution in [3.05, 3.63) is 74.9 Å². The summed E-state index contributed by atoms with van der Waals surface area (Å²) in [5.74, 6) is -0.238. The second kappa shape index (κ2) is 8.99. The van der Waals surface area contributed by atoms with Crippen LogP contribution in [0.15, 0.2) is 52.4 Å². The van der Waals surface area contributed by atoms with Crippen molar-refractivity contribution in [1.29, 1.82) is 0 Å². The highest BCUT2D eigenvalue weighted by molar-refractivity contribution is 5.81. The predicted molar refractivity (Wildman–Crippen MR) is 106 cm³/mol. The summed E-state index contributed by atoms with van der Waals surface area (Å²) in [5, 5.41) is 3.90. The standard InChI is InChI=1S/C20H18FN5O3/c1-29-19(27)5-3-2-4-18-23-17-12-14(24-25-22)8-11-16(17)20(28)26(18)15-9-6-13(21)7-10-15/h6-12H,2-5H2,1H3. The lowest BCUT2D eigenvalue weighted by Crippen LogP contribution is -2.24. The summed E-state index contributed by atoms with van der Waals surface area (Å²) in [7, 11) is 1.33. The molecule has 1 aromatic heterocycles. The van der Waals surface area contributed by atoms with E-state index in [1.165, 1.54) is 42.0 Å². The van der Waals surface area contributed by atoms with E-state index in [1.807, 2.05) is 0 Å². The number of unbranched alkanes of at least 4 members (excludes halogenated alkanes) is 1. The van der Waals surface area contributed by atoms with Crippen molar-refractivity contribution < 1.29 is 13.9 Å². The smallest absolute Gasteiger partial charge is 0.305 e. The number of carbonyl (C=O) groups excluding carboxylic acids is 1. The number of esters is 1. The molecule has 148 valence electrons. The van der Waals surface area contributed by atoms with Gasteiger partial charge in [-0.2, -0.15) is 0 Å². The molecule has 0 aliphatic rings. The molecule has 0 amide bonds. The van der Waals surface area contributed by atoms with Gasteiger partial charge in [0.15, 0.2) is 0 Å². The number of azide groups is 1. The number of ether oxygens (including phenoxy) is 1. The second-order valence-corrected chi connectivity index (χ2v) is 6.32. The van der Waals surface area contributed by atoms with Crippen LogP contribution in [0.5, 0.6) is 0 Å². The fraction of sp³-hybridized carbons (Fsp3) is 0.250. The first-order valence-electron chi connectivity index (χ1n) is 8.97. The number of rotatable bonds is 7. The van der Waals surface area contributed by atoms with Crippen molar-refractivity contribution in [3.8, 4) is 5.69 Å². The van der Waals surface area contributed by atoms with Gasteiger partial charge in [0.2, 0.25) is 0 Å². The molecule has 1 heterocycles. The minimum absolute atomic E-state index is 0.270. The topological polar surface area (TPSA) is 110 Å². The molecule has 0 unspecified atom stereocenters. The van der Waals surface area contributed by atoms with Gasteiger partial charge in [-0.3, -0.25) is 14.2 Å². The number of hydrogen-bond acceptors (Lipinski definition) is 5. The number of fused-ring (bicyclic) bond motifs is 1. The fourth-order valence-electron chi connectivity index (χ4n) is 3.01. The van der Waals surface area contributed by atoms with E-state index in [4.69, 9.17) is 5.53 Å². The first kappa shape index (κ1) is 20.0. The number of halogens is 1. The summed E-state index contributed by atoms with van der Waals surface area (Å²) >= 11 is 0. The van der Waals surface area contributed by atoms with E-state index < -0.39 is 5.82 Å². The molecule has 3 rings (SSSR count). The molecule has 0 bridgehead atoms. The monoisotopic (exact) mass is 395 g/mol. The Labute approximate surface area is 165 Å². The van der Waals surface area contributed by atoms with Crippen LogP contribution in [0.25, 0.3) is 27.0 Å². The van der Waals surface area contributed by atoms with E-state index in [0.717, 1.165) is 0 Å². The van der Waals surface area contributed by atoms with Gasteiger partial charge in [-0.15, -0.1) is 0 Å². The van der Waals surface area contributed by atoms with E-state index >= 15 is 0 Å². The quantitative estimate of drug-likeness (QED) is 0.195. The molecule has 2 aromatic carbocycles.